The summed E-state index contributed by atoms with van der Waals surface area (Å²) >= 11 is 3.31. The third-order valence-corrected chi connectivity index (χ3v) is 7.64. The molecular weight excluding hydrogens is 630 g/mol. The summed E-state index contributed by atoms with van der Waals surface area (Å²) in [6, 6.07) is 21.0. The average molecular weight is 654 g/mol. The van der Waals surface area contributed by atoms with Gasteiger partial charge in [0.15, 0.2) is 0 Å². The standard InChI is InChI=1S/C32H24BrF4N3O3/c1-18-14-23(31(32(35,36)37)17-27(40-43-31)20-8-11-24(33)12-9-20)15-19(2)28(18)39-30(42)22-10-13-25(34)26(16-22)38-29(41)21-6-4-3-5-7-21/h3-16H,17H2,1-2H3,(H,38,41)(H,39,42). The Labute approximate surface area is 252 Å². The Morgan fingerprint density at radius 2 is 1.49 bits per heavy atom. The van der Waals surface area contributed by atoms with Gasteiger partial charge in [-0.05, 0) is 85.1 Å². The van der Waals surface area contributed by atoms with Crippen LogP contribution in [0.1, 0.15) is 49.4 Å². The van der Waals surface area contributed by atoms with Crippen LogP contribution in [-0.2, 0) is 10.4 Å². The molecule has 4 aromatic rings. The van der Waals surface area contributed by atoms with E-state index in [9.17, 15) is 27.2 Å². The second kappa shape index (κ2) is 11.6. The summed E-state index contributed by atoms with van der Waals surface area (Å²) in [4.78, 5) is 30.8. The third-order valence-electron chi connectivity index (χ3n) is 7.11. The van der Waals surface area contributed by atoms with E-state index in [-0.39, 0.29) is 28.2 Å². The molecule has 1 aliphatic rings. The van der Waals surface area contributed by atoms with Gasteiger partial charge in [0.1, 0.15) is 5.82 Å². The summed E-state index contributed by atoms with van der Waals surface area (Å²) in [6.45, 7) is 3.13. The van der Waals surface area contributed by atoms with Gasteiger partial charge in [0.2, 0.25) is 0 Å². The van der Waals surface area contributed by atoms with Gasteiger partial charge in [0.25, 0.3) is 17.4 Å². The summed E-state index contributed by atoms with van der Waals surface area (Å²) in [5.41, 5.74) is -1.07. The number of hydrogen-bond donors (Lipinski definition) is 2. The minimum Gasteiger partial charge on any atom is -0.374 e. The number of hydrogen-bond acceptors (Lipinski definition) is 4. The number of alkyl halides is 3. The molecule has 1 atom stereocenters. The van der Waals surface area contributed by atoms with Crippen LogP contribution >= 0.6 is 15.9 Å². The number of anilines is 2. The predicted octanol–water partition coefficient (Wildman–Crippen LogP) is 8.29. The molecule has 0 saturated carbocycles. The lowest BCUT2D eigenvalue weighted by molar-refractivity contribution is -0.275. The first-order valence-electron chi connectivity index (χ1n) is 13.0. The maximum Gasteiger partial charge on any atom is 0.435 e. The van der Waals surface area contributed by atoms with Gasteiger partial charge in [-0.25, -0.2) is 4.39 Å². The highest BCUT2D eigenvalue weighted by molar-refractivity contribution is 9.10. The summed E-state index contributed by atoms with van der Waals surface area (Å²) in [5, 5.41) is 8.97. The molecule has 0 fully saturated rings. The Balaban J connectivity index is 1.39. The van der Waals surface area contributed by atoms with Gasteiger partial charge in [-0.15, -0.1) is 0 Å². The molecule has 2 amide bonds. The Morgan fingerprint density at radius 1 is 0.860 bits per heavy atom. The molecule has 0 aliphatic carbocycles. The van der Waals surface area contributed by atoms with Crippen LogP contribution in [0.2, 0.25) is 0 Å². The molecule has 1 unspecified atom stereocenters. The highest BCUT2D eigenvalue weighted by Crippen LogP contribution is 2.49. The summed E-state index contributed by atoms with van der Waals surface area (Å²) in [6.07, 6.45) is -5.33. The number of halogens is 5. The molecule has 0 saturated heterocycles. The molecule has 43 heavy (non-hydrogen) atoms. The van der Waals surface area contributed by atoms with Crippen molar-refractivity contribution in [3.63, 3.8) is 0 Å². The van der Waals surface area contributed by atoms with E-state index in [1.54, 1.807) is 68.4 Å². The van der Waals surface area contributed by atoms with Crippen LogP contribution < -0.4 is 10.6 Å². The van der Waals surface area contributed by atoms with Gasteiger partial charge in [-0.1, -0.05) is 51.4 Å². The van der Waals surface area contributed by atoms with Crippen LogP contribution in [0.3, 0.4) is 0 Å². The van der Waals surface area contributed by atoms with Crippen LogP contribution in [0.5, 0.6) is 0 Å². The van der Waals surface area contributed by atoms with E-state index >= 15 is 0 Å². The van der Waals surface area contributed by atoms with Crippen molar-refractivity contribution >= 4 is 44.8 Å². The molecule has 5 rings (SSSR count). The van der Waals surface area contributed by atoms with Gasteiger partial charge in [-0.2, -0.15) is 13.2 Å². The monoisotopic (exact) mass is 653 g/mol. The minimum atomic E-state index is -4.80. The van der Waals surface area contributed by atoms with Crippen molar-refractivity contribution in [2.24, 2.45) is 5.16 Å². The molecule has 6 nitrogen and oxygen atoms in total. The number of benzene rings is 4. The van der Waals surface area contributed by atoms with Gasteiger partial charge in [-0.3, -0.25) is 9.59 Å². The van der Waals surface area contributed by atoms with Gasteiger partial charge in [0, 0.05) is 33.3 Å². The van der Waals surface area contributed by atoms with Crippen molar-refractivity contribution in [1.82, 2.24) is 0 Å². The smallest absolute Gasteiger partial charge is 0.374 e. The second-order valence-corrected chi connectivity index (χ2v) is 11.0. The first-order valence-corrected chi connectivity index (χ1v) is 13.8. The van der Waals surface area contributed by atoms with E-state index in [0.717, 1.165) is 10.5 Å². The quantitative estimate of drug-likeness (QED) is 0.206. The number of carbonyl (C=O) groups is 2. The molecule has 11 heteroatoms. The first-order chi connectivity index (χ1) is 20.4. The second-order valence-electron chi connectivity index (χ2n) is 10.1. The molecule has 0 aromatic heterocycles. The number of nitrogens with zero attached hydrogens (tertiary/aromatic N) is 1. The molecule has 1 heterocycles. The van der Waals surface area contributed by atoms with E-state index in [1.807, 2.05) is 0 Å². The highest BCUT2D eigenvalue weighted by Gasteiger charge is 2.62. The zero-order valence-electron chi connectivity index (χ0n) is 22.9. The van der Waals surface area contributed by atoms with Crippen molar-refractivity contribution in [3.8, 4) is 0 Å². The molecule has 0 radical (unpaired) electrons. The Bertz CT molecular complexity index is 1720. The normalized spacial score (nSPS) is 16.3. The molecule has 0 bridgehead atoms. The van der Waals surface area contributed by atoms with E-state index in [1.165, 1.54) is 24.3 Å². The lowest BCUT2D eigenvalue weighted by Crippen LogP contribution is -2.42. The lowest BCUT2D eigenvalue weighted by atomic mass is 9.84. The Morgan fingerprint density at radius 3 is 2.12 bits per heavy atom. The van der Waals surface area contributed by atoms with Crippen molar-refractivity contribution in [2.75, 3.05) is 10.6 Å². The topological polar surface area (TPSA) is 79.8 Å². The molecule has 1 aliphatic heterocycles. The number of amides is 2. The summed E-state index contributed by atoms with van der Waals surface area (Å²) in [7, 11) is 0. The van der Waals surface area contributed by atoms with Gasteiger partial charge in [0.05, 0.1) is 11.4 Å². The molecule has 0 spiro atoms. The van der Waals surface area contributed by atoms with Gasteiger partial charge >= 0.3 is 6.18 Å². The van der Waals surface area contributed by atoms with E-state index in [0.29, 0.717) is 22.3 Å². The number of carbonyl (C=O) groups excluding carboxylic acids is 2. The van der Waals surface area contributed by atoms with Crippen LogP contribution in [-0.4, -0.2) is 23.7 Å². The average Bonchev–Trinajstić information content (AvgIpc) is 3.44. The van der Waals surface area contributed by atoms with Crippen molar-refractivity contribution in [2.45, 2.75) is 32.0 Å². The number of rotatable bonds is 6. The van der Waals surface area contributed by atoms with Crippen LogP contribution in [0.15, 0.2) is 94.6 Å². The molecule has 2 N–H and O–H groups in total. The van der Waals surface area contributed by atoms with Crippen molar-refractivity contribution in [3.05, 3.63) is 129 Å². The number of nitrogens with one attached hydrogen (secondary N) is 2. The van der Waals surface area contributed by atoms with Gasteiger partial charge < -0.3 is 15.5 Å². The fourth-order valence-electron chi connectivity index (χ4n) is 4.83. The maximum absolute atomic E-state index is 14.6. The summed E-state index contributed by atoms with van der Waals surface area (Å²) < 4.78 is 59.0. The molecule has 4 aromatic carbocycles. The largest absolute Gasteiger partial charge is 0.435 e. The highest BCUT2D eigenvalue weighted by atomic mass is 79.9. The Hall–Kier alpha value is -4.51. The summed E-state index contributed by atoms with van der Waals surface area (Å²) in [5.74, 6) is -1.94. The van der Waals surface area contributed by atoms with Crippen molar-refractivity contribution < 1.29 is 32.0 Å². The minimum absolute atomic E-state index is 0.0334. The van der Waals surface area contributed by atoms with Crippen LogP contribution in [0.4, 0.5) is 28.9 Å². The van der Waals surface area contributed by atoms with Crippen LogP contribution in [0.25, 0.3) is 0 Å². The SMILES string of the molecule is Cc1cc(C2(C(F)(F)F)CC(c3ccc(Br)cc3)=NO2)cc(C)c1NC(=O)c1ccc(F)c(NC(=O)c2ccccc2)c1. The number of oxime groups is 1. The van der Waals surface area contributed by atoms with E-state index < -0.39 is 35.8 Å². The lowest BCUT2D eigenvalue weighted by Gasteiger charge is -2.30. The zero-order valence-corrected chi connectivity index (χ0v) is 24.4. The number of aryl methyl sites for hydroxylation is 2. The predicted molar refractivity (Wildman–Crippen MR) is 159 cm³/mol. The Kier molecular flexibility index (Phi) is 8.11. The molecule has 220 valence electrons. The van der Waals surface area contributed by atoms with Crippen LogP contribution in [0, 0.1) is 19.7 Å². The van der Waals surface area contributed by atoms with E-state index in [2.05, 4.69) is 31.7 Å². The maximum atomic E-state index is 14.6. The van der Waals surface area contributed by atoms with Crippen molar-refractivity contribution in [1.29, 1.82) is 0 Å². The zero-order chi connectivity index (χ0) is 30.9. The first kappa shape index (κ1) is 30.0. The molecular formula is C32H24BrF4N3O3. The fourth-order valence-corrected chi connectivity index (χ4v) is 5.09. The van der Waals surface area contributed by atoms with E-state index in [4.69, 9.17) is 4.84 Å². The fraction of sp³-hybridized carbons (Fsp3) is 0.156. The third kappa shape index (κ3) is 6.03.